The van der Waals surface area contributed by atoms with Gasteiger partial charge < -0.3 is 10.6 Å². The number of hydrogen-bond acceptors (Lipinski definition) is 4. The number of hydrogen-bond donors (Lipinski definition) is 3. The monoisotopic (exact) mass is 375 g/mol. The van der Waals surface area contributed by atoms with Gasteiger partial charge in [-0.2, -0.15) is 0 Å². The molecule has 26 heavy (non-hydrogen) atoms. The van der Waals surface area contributed by atoms with Gasteiger partial charge in [0, 0.05) is 24.7 Å². The second kappa shape index (κ2) is 8.59. The van der Waals surface area contributed by atoms with E-state index in [0.717, 1.165) is 5.56 Å². The first-order chi connectivity index (χ1) is 12.3. The quantitative estimate of drug-likeness (QED) is 0.684. The van der Waals surface area contributed by atoms with Gasteiger partial charge in [-0.3, -0.25) is 9.59 Å². The van der Waals surface area contributed by atoms with Crippen molar-refractivity contribution >= 4 is 27.5 Å². The van der Waals surface area contributed by atoms with Gasteiger partial charge in [-0.25, -0.2) is 13.1 Å². The molecular formula is C18H21N3O4S. The van der Waals surface area contributed by atoms with E-state index in [1.807, 2.05) is 0 Å². The van der Waals surface area contributed by atoms with Crippen LogP contribution in [0.5, 0.6) is 0 Å². The molecule has 0 aliphatic rings. The molecule has 3 N–H and O–H groups in total. The first-order valence-corrected chi connectivity index (χ1v) is 9.60. The van der Waals surface area contributed by atoms with Crippen LogP contribution in [0.25, 0.3) is 0 Å². The third-order valence-corrected chi connectivity index (χ3v) is 4.99. The van der Waals surface area contributed by atoms with Crippen LogP contribution in [0.3, 0.4) is 0 Å². The summed E-state index contributed by atoms with van der Waals surface area (Å²) < 4.78 is 25.8. The van der Waals surface area contributed by atoms with Crippen LogP contribution in [-0.4, -0.2) is 27.3 Å². The van der Waals surface area contributed by atoms with Crippen molar-refractivity contribution in [3.8, 4) is 0 Å². The van der Waals surface area contributed by atoms with Crippen molar-refractivity contribution in [2.24, 2.45) is 0 Å². The van der Waals surface area contributed by atoms with E-state index in [-0.39, 0.29) is 24.1 Å². The smallest absolute Gasteiger partial charge is 0.251 e. The number of carbonyl (C=O) groups is 2. The summed E-state index contributed by atoms with van der Waals surface area (Å²) in [7, 11) is -2.03. The Labute approximate surface area is 152 Å². The molecule has 0 aliphatic heterocycles. The van der Waals surface area contributed by atoms with Gasteiger partial charge in [-0.15, -0.1) is 0 Å². The van der Waals surface area contributed by atoms with Crippen LogP contribution in [-0.2, 0) is 27.1 Å². The summed E-state index contributed by atoms with van der Waals surface area (Å²) in [5, 5.41) is 5.41. The van der Waals surface area contributed by atoms with Crippen LogP contribution >= 0.6 is 0 Å². The van der Waals surface area contributed by atoms with E-state index < -0.39 is 10.0 Å². The first kappa shape index (κ1) is 19.6. The van der Waals surface area contributed by atoms with Gasteiger partial charge in [0.2, 0.25) is 15.9 Å². The van der Waals surface area contributed by atoms with Gasteiger partial charge in [-0.1, -0.05) is 24.3 Å². The third-order valence-electron chi connectivity index (χ3n) is 3.68. The maximum Gasteiger partial charge on any atom is 0.251 e. The molecule has 0 unspecified atom stereocenters. The van der Waals surface area contributed by atoms with Crippen molar-refractivity contribution in [1.82, 2.24) is 10.0 Å². The average Bonchev–Trinajstić information content (AvgIpc) is 2.60. The largest absolute Gasteiger partial charge is 0.348 e. The van der Waals surface area contributed by atoms with Crippen molar-refractivity contribution in [3.05, 3.63) is 65.2 Å². The van der Waals surface area contributed by atoms with Crippen LogP contribution in [0.2, 0.25) is 0 Å². The van der Waals surface area contributed by atoms with Crippen LogP contribution in [0, 0.1) is 0 Å². The number of rotatable bonds is 7. The van der Waals surface area contributed by atoms with Gasteiger partial charge in [0.1, 0.15) is 0 Å². The highest BCUT2D eigenvalue weighted by Gasteiger charge is 2.13. The lowest BCUT2D eigenvalue weighted by Crippen LogP contribution is -2.25. The summed E-state index contributed by atoms with van der Waals surface area (Å²) in [5.41, 5.74) is 2.41. The molecule has 138 valence electrons. The molecule has 2 aromatic rings. The summed E-state index contributed by atoms with van der Waals surface area (Å²) in [5.74, 6) is -0.623. The molecule has 8 heteroatoms. The van der Waals surface area contributed by atoms with Crippen molar-refractivity contribution in [3.63, 3.8) is 0 Å². The van der Waals surface area contributed by atoms with Crippen molar-refractivity contribution in [2.75, 3.05) is 12.4 Å². The lowest BCUT2D eigenvalue weighted by atomic mass is 10.1. The Morgan fingerprint density at radius 2 is 1.58 bits per heavy atom. The van der Waals surface area contributed by atoms with Gasteiger partial charge >= 0.3 is 0 Å². The molecule has 2 amide bonds. The van der Waals surface area contributed by atoms with Crippen LogP contribution in [0.4, 0.5) is 5.69 Å². The molecule has 7 nitrogen and oxygen atoms in total. The van der Waals surface area contributed by atoms with Crippen LogP contribution in [0.15, 0.2) is 48.5 Å². The third kappa shape index (κ3) is 5.68. The lowest BCUT2D eigenvalue weighted by Gasteiger charge is -2.11. The molecule has 2 rings (SSSR count). The molecule has 0 aromatic heterocycles. The van der Waals surface area contributed by atoms with Crippen LogP contribution in [0.1, 0.15) is 28.4 Å². The predicted molar refractivity (Wildman–Crippen MR) is 100 cm³/mol. The fourth-order valence-electron chi connectivity index (χ4n) is 2.33. The molecule has 0 saturated carbocycles. The number of anilines is 1. The fourth-order valence-corrected chi connectivity index (χ4v) is 3.17. The van der Waals surface area contributed by atoms with E-state index in [2.05, 4.69) is 15.4 Å². The number of sulfonamides is 1. The number of amides is 2. The molecule has 2 aromatic carbocycles. The molecule has 0 fully saturated rings. The van der Waals surface area contributed by atoms with Crippen LogP contribution < -0.4 is 15.4 Å². The zero-order valence-corrected chi connectivity index (χ0v) is 15.4. The number of benzene rings is 2. The zero-order chi connectivity index (χ0) is 19.2. The zero-order valence-electron chi connectivity index (χ0n) is 14.6. The van der Waals surface area contributed by atoms with Crippen molar-refractivity contribution < 1.29 is 18.0 Å². The standard InChI is InChI=1S/C18H21N3O4S/c1-13(22)21-17-9-7-14(8-10-17)18(23)20-11-15-5-3-4-6-16(15)12-26(24,25)19-2/h3-10,19H,11-12H2,1-2H3,(H,20,23)(H,21,22). The van der Waals surface area contributed by atoms with E-state index >= 15 is 0 Å². The Balaban J connectivity index is 2.04. The highest BCUT2D eigenvalue weighted by Crippen LogP contribution is 2.13. The molecule has 0 heterocycles. The van der Waals surface area contributed by atoms with E-state index in [4.69, 9.17) is 0 Å². The number of carbonyl (C=O) groups excluding carboxylic acids is 2. The van der Waals surface area contributed by atoms with Crippen molar-refractivity contribution in [2.45, 2.75) is 19.2 Å². The molecule has 0 aliphatic carbocycles. The topological polar surface area (TPSA) is 104 Å². The maximum absolute atomic E-state index is 12.3. The summed E-state index contributed by atoms with van der Waals surface area (Å²) in [6.45, 7) is 1.62. The SMILES string of the molecule is CNS(=O)(=O)Cc1ccccc1CNC(=O)c1ccc(NC(C)=O)cc1. The molecular weight excluding hydrogens is 354 g/mol. The molecule has 0 spiro atoms. The minimum Gasteiger partial charge on any atom is -0.348 e. The summed E-state index contributed by atoms with van der Waals surface area (Å²) in [6, 6.07) is 13.6. The fraction of sp³-hybridized carbons (Fsp3) is 0.222. The second-order valence-electron chi connectivity index (χ2n) is 5.67. The van der Waals surface area contributed by atoms with Gasteiger partial charge in [-0.05, 0) is 42.4 Å². The molecule has 0 bridgehead atoms. The summed E-state index contributed by atoms with van der Waals surface area (Å²) in [6.07, 6.45) is 0. The van der Waals surface area contributed by atoms with Gasteiger partial charge in [0.15, 0.2) is 0 Å². The Kier molecular flexibility index (Phi) is 6.48. The summed E-state index contributed by atoms with van der Waals surface area (Å²) >= 11 is 0. The Bertz CT molecular complexity index is 893. The Morgan fingerprint density at radius 1 is 0.962 bits per heavy atom. The predicted octanol–water partition coefficient (Wildman–Crippen LogP) is 1.62. The van der Waals surface area contributed by atoms with Gasteiger partial charge in [0.25, 0.3) is 5.91 Å². The molecule has 0 saturated heterocycles. The first-order valence-electron chi connectivity index (χ1n) is 7.94. The second-order valence-corrected chi connectivity index (χ2v) is 7.60. The Morgan fingerprint density at radius 3 is 2.15 bits per heavy atom. The maximum atomic E-state index is 12.3. The number of nitrogens with one attached hydrogen (secondary N) is 3. The average molecular weight is 375 g/mol. The lowest BCUT2D eigenvalue weighted by molar-refractivity contribution is -0.114. The minimum absolute atomic E-state index is 0.152. The minimum atomic E-state index is -3.40. The van der Waals surface area contributed by atoms with Gasteiger partial charge in [0.05, 0.1) is 5.75 Å². The Hall–Kier alpha value is -2.71. The molecule has 0 radical (unpaired) electrons. The molecule has 0 atom stereocenters. The normalized spacial score (nSPS) is 11.0. The highest BCUT2D eigenvalue weighted by atomic mass is 32.2. The van der Waals surface area contributed by atoms with E-state index in [1.54, 1.807) is 48.5 Å². The van der Waals surface area contributed by atoms with E-state index in [1.165, 1.54) is 14.0 Å². The highest BCUT2D eigenvalue weighted by molar-refractivity contribution is 7.88. The summed E-state index contributed by atoms with van der Waals surface area (Å²) in [4.78, 5) is 23.3. The van der Waals surface area contributed by atoms with Crippen molar-refractivity contribution in [1.29, 1.82) is 0 Å². The van der Waals surface area contributed by atoms with E-state index in [9.17, 15) is 18.0 Å². The van der Waals surface area contributed by atoms with E-state index in [0.29, 0.717) is 16.8 Å².